The van der Waals surface area contributed by atoms with Crippen molar-refractivity contribution in [2.24, 2.45) is 0 Å². The van der Waals surface area contributed by atoms with E-state index in [-0.39, 0.29) is 17.9 Å². The van der Waals surface area contributed by atoms with Gasteiger partial charge in [-0.2, -0.15) is 0 Å². The molecule has 1 N–H and O–H groups in total. The molecule has 1 saturated heterocycles. The van der Waals surface area contributed by atoms with Gasteiger partial charge in [0.15, 0.2) is 0 Å². The molecule has 17 heavy (non-hydrogen) atoms. The summed E-state index contributed by atoms with van der Waals surface area (Å²) in [5.41, 5.74) is 0.896. The predicted octanol–water partition coefficient (Wildman–Crippen LogP) is 0.689. The molecule has 0 spiro atoms. The van der Waals surface area contributed by atoms with Crippen LogP contribution in [0.3, 0.4) is 0 Å². The van der Waals surface area contributed by atoms with Crippen molar-refractivity contribution in [3.8, 4) is 0 Å². The van der Waals surface area contributed by atoms with Gasteiger partial charge in [-0.25, -0.2) is 4.98 Å². The summed E-state index contributed by atoms with van der Waals surface area (Å²) in [5, 5.41) is 5.62. The molecule has 0 bridgehead atoms. The lowest BCUT2D eigenvalue weighted by atomic mass is 10.2. The fourth-order valence-corrected chi connectivity index (χ4v) is 2.47. The summed E-state index contributed by atoms with van der Waals surface area (Å²) in [6.07, 6.45) is 1.04. The average molecular weight is 253 g/mol. The maximum absolute atomic E-state index is 12.0. The lowest BCUT2D eigenvalue weighted by molar-refractivity contribution is -0.133. The highest BCUT2D eigenvalue weighted by Crippen LogP contribution is 2.13. The SMILES string of the molecule is Cc1nc(CN(C)C(=O)C2CCC(=O)N2)cs1. The second-order valence-electron chi connectivity index (χ2n) is 4.21. The minimum atomic E-state index is -0.354. The molecular formula is C11H15N3O2S. The molecule has 0 aromatic carbocycles. The van der Waals surface area contributed by atoms with E-state index in [4.69, 9.17) is 0 Å². The maximum atomic E-state index is 12.0. The Hall–Kier alpha value is -1.43. The Labute approximate surface area is 104 Å². The van der Waals surface area contributed by atoms with Gasteiger partial charge in [0.2, 0.25) is 11.8 Å². The van der Waals surface area contributed by atoms with Crippen LogP contribution < -0.4 is 5.32 Å². The standard InChI is InChI=1S/C11H15N3O2S/c1-7-12-8(6-17-7)5-14(2)11(16)9-3-4-10(15)13-9/h6,9H,3-5H2,1-2H3,(H,13,15). The summed E-state index contributed by atoms with van der Waals surface area (Å²) in [7, 11) is 1.74. The number of likely N-dealkylation sites (N-methyl/N-ethyl adjacent to an activating group) is 1. The number of thiazole rings is 1. The van der Waals surface area contributed by atoms with Gasteiger partial charge < -0.3 is 10.2 Å². The fourth-order valence-electron chi connectivity index (χ4n) is 1.87. The van der Waals surface area contributed by atoms with Crippen molar-refractivity contribution >= 4 is 23.2 Å². The summed E-state index contributed by atoms with van der Waals surface area (Å²) in [5.74, 6) is -0.0808. The molecule has 2 amide bonds. The normalized spacial score (nSPS) is 19.2. The largest absolute Gasteiger partial charge is 0.344 e. The van der Waals surface area contributed by atoms with Crippen LogP contribution in [-0.2, 0) is 16.1 Å². The zero-order chi connectivity index (χ0) is 12.4. The third-order valence-corrected chi connectivity index (χ3v) is 3.56. The Bertz CT molecular complexity index is 444. The summed E-state index contributed by atoms with van der Waals surface area (Å²) in [6, 6.07) is -0.354. The van der Waals surface area contributed by atoms with Gasteiger partial charge in [-0.15, -0.1) is 11.3 Å². The van der Waals surface area contributed by atoms with Gasteiger partial charge in [0.05, 0.1) is 17.2 Å². The first kappa shape index (κ1) is 12.0. The molecule has 2 heterocycles. The van der Waals surface area contributed by atoms with Crippen molar-refractivity contribution in [3.63, 3.8) is 0 Å². The van der Waals surface area contributed by atoms with Gasteiger partial charge in [0.1, 0.15) is 6.04 Å². The number of rotatable bonds is 3. The second-order valence-corrected chi connectivity index (χ2v) is 5.27. The topological polar surface area (TPSA) is 62.3 Å². The van der Waals surface area contributed by atoms with Crippen molar-refractivity contribution in [2.45, 2.75) is 32.4 Å². The zero-order valence-electron chi connectivity index (χ0n) is 9.90. The molecule has 1 aromatic rings. The van der Waals surface area contributed by atoms with Crippen molar-refractivity contribution < 1.29 is 9.59 Å². The fraction of sp³-hybridized carbons (Fsp3) is 0.545. The van der Waals surface area contributed by atoms with E-state index in [1.165, 1.54) is 0 Å². The second kappa shape index (κ2) is 4.83. The zero-order valence-corrected chi connectivity index (χ0v) is 10.7. The number of carbonyl (C=O) groups is 2. The van der Waals surface area contributed by atoms with E-state index in [0.29, 0.717) is 19.4 Å². The highest BCUT2D eigenvalue weighted by atomic mass is 32.1. The van der Waals surface area contributed by atoms with Crippen LogP contribution in [0.2, 0.25) is 0 Å². The summed E-state index contributed by atoms with van der Waals surface area (Å²) >= 11 is 1.57. The quantitative estimate of drug-likeness (QED) is 0.862. The molecular weight excluding hydrogens is 238 g/mol. The molecule has 0 aliphatic carbocycles. The minimum Gasteiger partial charge on any atom is -0.344 e. The van der Waals surface area contributed by atoms with Crippen molar-refractivity contribution in [1.82, 2.24) is 15.2 Å². The molecule has 0 saturated carbocycles. The van der Waals surface area contributed by atoms with Crippen LogP contribution in [0.4, 0.5) is 0 Å². The highest BCUT2D eigenvalue weighted by molar-refractivity contribution is 7.09. The molecule has 1 fully saturated rings. The van der Waals surface area contributed by atoms with E-state index < -0.39 is 0 Å². The molecule has 1 aromatic heterocycles. The van der Waals surface area contributed by atoms with Crippen LogP contribution in [0.15, 0.2) is 5.38 Å². The number of aromatic nitrogens is 1. The molecule has 1 unspecified atom stereocenters. The lowest BCUT2D eigenvalue weighted by Gasteiger charge is -2.19. The van der Waals surface area contributed by atoms with Crippen LogP contribution >= 0.6 is 11.3 Å². The first-order valence-electron chi connectivity index (χ1n) is 5.51. The first-order valence-corrected chi connectivity index (χ1v) is 6.39. The molecule has 92 valence electrons. The molecule has 0 radical (unpaired) electrons. The number of carbonyl (C=O) groups excluding carboxylic acids is 2. The van der Waals surface area contributed by atoms with E-state index in [1.54, 1.807) is 23.3 Å². The van der Waals surface area contributed by atoms with E-state index >= 15 is 0 Å². The van der Waals surface area contributed by atoms with E-state index in [9.17, 15) is 9.59 Å². The Morgan fingerprint density at radius 2 is 2.47 bits per heavy atom. The number of hydrogen-bond acceptors (Lipinski definition) is 4. The third-order valence-electron chi connectivity index (χ3n) is 2.74. The Kier molecular flexibility index (Phi) is 3.42. The molecule has 5 nitrogen and oxygen atoms in total. The van der Waals surface area contributed by atoms with Crippen LogP contribution in [0.5, 0.6) is 0 Å². The number of nitrogens with one attached hydrogen (secondary N) is 1. The van der Waals surface area contributed by atoms with Gasteiger partial charge in [0, 0.05) is 18.8 Å². The first-order chi connectivity index (χ1) is 8.06. The third kappa shape index (κ3) is 2.82. The van der Waals surface area contributed by atoms with Crippen molar-refractivity contribution in [1.29, 1.82) is 0 Å². The lowest BCUT2D eigenvalue weighted by Crippen LogP contribution is -2.42. The highest BCUT2D eigenvalue weighted by Gasteiger charge is 2.29. The van der Waals surface area contributed by atoms with Crippen LogP contribution in [-0.4, -0.2) is 34.8 Å². The van der Waals surface area contributed by atoms with Gasteiger partial charge in [-0.1, -0.05) is 0 Å². The number of nitrogens with zero attached hydrogens (tertiary/aromatic N) is 2. The minimum absolute atomic E-state index is 0.0403. The molecule has 2 rings (SSSR count). The number of aryl methyl sites for hydroxylation is 1. The van der Waals surface area contributed by atoms with Gasteiger partial charge in [-0.05, 0) is 13.3 Å². The van der Waals surface area contributed by atoms with Crippen molar-refractivity contribution in [3.05, 3.63) is 16.1 Å². The summed E-state index contributed by atoms with van der Waals surface area (Å²) < 4.78 is 0. The number of hydrogen-bond donors (Lipinski definition) is 1. The van der Waals surface area contributed by atoms with Crippen molar-refractivity contribution in [2.75, 3.05) is 7.05 Å². The molecule has 1 atom stereocenters. The molecule has 6 heteroatoms. The smallest absolute Gasteiger partial charge is 0.245 e. The summed E-state index contributed by atoms with van der Waals surface area (Å²) in [4.78, 5) is 29.0. The van der Waals surface area contributed by atoms with E-state index in [0.717, 1.165) is 10.7 Å². The van der Waals surface area contributed by atoms with E-state index in [1.807, 2.05) is 12.3 Å². The Morgan fingerprint density at radius 1 is 1.71 bits per heavy atom. The molecule has 1 aliphatic rings. The predicted molar refractivity (Wildman–Crippen MR) is 64.5 cm³/mol. The van der Waals surface area contributed by atoms with Gasteiger partial charge in [-0.3, -0.25) is 9.59 Å². The van der Waals surface area contributed by atoms with Crippen LogP contribution in [0, 0.1) is 6.92 Å². The summed E-state index contributed by atoms with van der Waals surface area (Å²) in [6.45, 7) is 2.43. The Balaban J connectivity index is 1.93. The van der Waals surface area contributed by atoms with Crippen LogP contribution in [0.25, 0.3) is 0 Å². The Morgan fingerprint density at radius 3 is 3.00 bits per heavy atom. The maximum Gasteiger partial charge on any atom is 0.245 e. The van der Waals surface area contributed by atoms with Gasteiger partial charge in [0.25, 0.3) is 0 Å². The average Bonchev–Trinajstić information content (AvgIpc) is 2.87. The number of amides is 2. The van der Waals surface area contributed by atoms with Gasteiger partial charge >= 0.3 is 0 Å². The van der Waals surface area contributed by atoms with Crippen LogP contribution in [0.1, 0.15) is 23.5 Å². The monoisotopic (exact) mass is 253 g/mol. The van der Waals surface area contributed by atoms with E-state index in [2.05, 4.69) is 10.3 Å². The molecule has 1 aliphatic heterocycles.